The Morgan fingerprint density at radius 1 is 1.03 bits per heavy atom. The normalized spacial score (nSPS) is 12.2. The zero-order valence-electron chi connectivity index (χ0n) is 20.8. The van der Waals surface area contributed by atoms with Crippen LogP contribution in [-0.4, -0.2) is 20.7 Å². The van der Waals surface area contributed by atoms with Gasteiger partial charge in [-0.2, -0.15) is 0 Å². The molecule has 0 saturated heterocycles. The second-order valence-electron chi connectivity index (χ2n) is 7.92. The first kappa shape index (κ1) is 29.2. The molecule has 1 N–H and O–H groups in total. The number of hydrogen-bond donors (Lipinski definition) is 1. The molecule has 0 radical (unpaired) electrons. The lowest BCUT2D eigenvalue weighted by atomic mass is 10.1. The summed E-state index contributed by atoms with van der Waals surface area (Å²) in [4.78, 5) is 36.5. The fourth-order valence-electron chi connectivity index (χ4n) is 2.65. The standard InChI is InChI=1S/C18H29N3O3S.C6H14/c1-7-9-10-15(25-11-14(22)12(3)8-2)19-16-13(4)20(5)18(24)21(6)17(16)23;1-3-5-6-4-2/h10,12,19H,7-9,11H2,1-6H3;3-6H2,1-2H3/b15-10-;. The number of carbonyl (C=O) groups excluding carboxylic acids is 1. The molecule has 6 nitrogen and oxygen atoms in total. The molecule has 0 fully saturated rings. The molecule has 7 heteroatoms. The van der Waals surface area contributed by atoms with Gasteiger partial charge in [-0.3, -0.25) is 18.7 Å². The average Bonchev–Trinajstić information content (AvgIpc) is 2.78. The summed E-state index contributed by atoms with van der Waals surface area (Å²) in [6.07, 6.45) is 10.2. The number of nitrogens with one attached hydrogen (secondary N) is 1. The summed E-state index contributed by atoms with van der Waals surface area (Å²) in [6.45, 7) is 12.2. The van der Waals surface area contributed by atoms with Crippen LogP contribution >= 0.6 is 11.8 Å². The van der Waals surface area contributed by atoms with E-state index in [2.05, 4.69) is 26.1 Å². The van der Waals surface area contributed by atoms with E-state index in [4.69, 9.17) is 0 Å². The first-order valence-corrected chi connectivity index (χ1v) is 12.5. The highest BCUT2D eigenvalue weighted by molar-refractivity contribution is 8.03. The number of carbonyl (C=O) groups is 1. The topological polar surface area (TPSA) is 73.1 Å². The molecule has 0 aliphatic heterocycles. The van der Waals surface area contributed by atoms with Gasteiger partial charge < -0.3 is 5.32 Å². The van der Waals surface area contributed by atoms with Crippen LogP contribution in [0.5, 0.6) is 0 Å². The van der Waals surface area contributed by atoms with Crippen molar-refractivity contribution in [2.24, 2.45) is 20.0 Å². The van der Waals surface area contributed by atoms with Gasteiger partial charge in [0.05, 0.1) is 10.8 Å². The second kappa shape index (κ2) is 16.0. The molecule has 0 saturated carbocycles. The smallest absolute Gasteiger partial charge is 0.330 e. The monoisotopic (exact) mass is 453 g/mol. The van der Waals surface area contributed by atoms with Crippen LogP contribution in [0.25, 0.3) is 0 Å². The number of anilines is 1. The molecule has 31 heavy (non-hydrogen) atoms. The molecule has 1 rings (SSSR count). The van der Waals surface area contributed by atoms with E-state index in [1.807, 2.05) is 19.9 Å². The van der Waals surface area contributed by atoms with Gasteiger partial charge in [-0.05, 0) is 19.8 Å². The lowest BCUT2D eigenvalue weighted by Gasteiger charge is -2.16. The van der Waals surface area contributed by atoms with Crippen molar-refractivity contribution in [2.75, 3.05) is 11.1 Å². The van der Waals surface area contributed by atoms with Crippen LogP contribution < -0.4 is 16.6 Å². The molecule has 1 unspecified atom stereocenters. The van der Waals surface area contributed by atoms with E-state index >= 15 is 0 Å². The lowest BCUT2D eigenvalue weighted by Crippen LogP contribution is -2.39. The molecule has 0 spiro atoms. The van der Waals surface area contributed by atoms with Gasteiger partial charge in [0.15, 0.2) is 0 Å². The van der Waals surface area contributed by atoms with Crippen LogP contribution in [0.15, 0.2) is 20.7 Å². The van der Waals surface area contributed by atoms with Crippen LogP contribution in [0, 0.1) is 12.8 Å². The molecule has 178 valence electrons. The number of rotatable bonds is 12. The van der Waals surface area contributed by atoms with Crippen molar-refractivity contribution in [3.05, 3.63) is 37.6 Å². The van der Waals surface area contributed by atoms with Gasteiger partial charge in [-0.15, -0.1) is 11.8 Å². The van der Waals surface area contributed by atoms with Gasteiger partial charge in [0.25, 0.3) is 5.56 Å². The summed E-state index contributed by atoms with van der Waals surface area (Å²) in [5, 5.41) is 3.93. The predicted molar refractivity (Wildman–Crippen MR) is 135 cm³/mol. The van der Waals surface area contributed by atoms with Crippen LogP contribution in [0.1, 0.15) is 85.3 Å². The summed E-state index contributed by atoms with van der Waals surface area (Å²) in [7, 11) is 3.10. The third-order valence-electron chi connectivity index (χ3n) is 5.31. The minimum atomic E-state index is -0.364. The van der Waals surface area contributed by atoms with Crippen LogP contribution in [-0.2, 0) is 18.9 Å². The molecule has 0 aliphatic carbocycles. The van der Waals surface area contributed by atoms with Crippen LogP contribution in [0.3, 0.4) is 0 Å². The Balaban J connectivity index is 0.00000131. The zero-order chi connectivity index (χ0) is 24.0. The highest BCUT2D eigenvalue weighted by Gasteiger charge is 2.16. The van der Waals surface area contributed by atoms with Gasteiger partial charge in [-0.1, -0.05) is 72.8 Å². The Kier molecular flexibility index (Phi) is 15.0. The maximum absolute atomic E-state index is 12.4. The first-order chi connectivity index (χ1) is 14.7. The fourth-order valence-corrected chi connectivity index (χ4v) is 3.65. The molecular formula is C24H43N3O3S. The maximum atomic E-state index is 12.4. The zero-order valence-corrected chi connectivity index (χ0v) is 21.7. The molecule has 0 amide bonds. The van der Waals surface area contributed by atoms with Gasteiger partial charge in [-0.25, -0.2) is 4.79 Å². The van der Waals surface area contributed by atoms with E-state index < -0.39 is 0 Å². The average molecular weight is 454 g/mol. The van der Waals surface area contributed by atoms with Crippen molar-refractivity contribution < 1.29 is 4.79 Å². The number of nitrogens with zero attached hydrogens (tertiary/aromatic N) is 2. The van der Waals surface area contributed by atoms with Crippen LogP contribution in [0.4, 0.5) is 5.69 Å². The molecule has 1 heterocycles. The van der Waals surface area contributed by atoms with Crippen LogP contribution in [0.2, 0.25) is 0 Å². The number of hydrogen-bond acceptors (Lipinski definition) is 5. The Labute approximate surface area is 192 Å². The van der Waals surface area contributed by atoms with Crippen molar-refractivity contribution in [3.8, 4) is 0 Å². The Morgan fingerprint density at radius 3 is 2.10 bits per heavy atom. The maximum Gasteiger partial charge on any atom is 0.330 e. The number of allylic oxidation sites excluding steroid dienone is 1. The van der Waals surface area contributed by atoms with E-state index in [1.165, 1.54) is 49.1 Å². The molecule has 0 aliphatic rings. The Bertz CT molecular complexity index is 821. The first-order valence-electron chi connectivity index (χ1n) is 11.5. The molecule has 0 aromatic carbocycles. The Morgan fingerprint density at radius 2 is 1.61 bits per heavy atom. The van der Waals surface area contributed by atoms with Crippen molar-refractivity contribution in [1.82, 2.24) is 9.13 Å². The Hall–Kier alpha value is -1.76. The minimum absolute atomic E-state index is 0.0343. The molecule has 0 bridgehead atoms. The predicted octanol–water partition coefficient (Wildman–Crippen LogP) is 5.38. The quantitative estimate of drug-likeness (QED) is 0.430. The summed E-state index contributed by atoms with van der Waals surface area (Å²) in [5.41, 5.74) is 0.225. The third kappa shape index (κ3) is 9.93. The number of thioether (sulfide) groups is 1. The highest BCUT2D eigenvalue weighted by atomic mass is 32.2. The fraction of sp³-hybridized carbons (Fsp3) is 0.708. The number of aromatic nitrogens is 2. The van der Waals surface area contributed by atoms with Gasteiger partial charge in [0.1, 0.15) is 11.5 Å². The van der Waals surface area contributed by atoms with Crippen molar-refractivity contribution >= 4 is 23.2 Å². The van der Waals surface area contributed by atoms with Gasteiger partial charge >= 0.3 is 5.69 Å². The summed E-state index contributed by atoms with van der Waals surface area (Å²) < 4.78 is 2.53. The lowest BCUT2D eigenvalue weighted by molar-refractivity contribution is -0.119. The highest BCUT2D eigenvalue weighted by Crippen LogP contribution is 2.21. The van der Waals surface area contributed by atoms with E-state index in [-0.39, 0.29) is 23.0 Å². The van der Waals surface area contributed by atoms with E-state index in [9.17, 15) is 14.4 Å². The van der Waals surface area contributed by atoms with Gasteiger partial charge in [0, 0.05) is 25.7 Å². The van der Waals surface area contributed by atoms with Crippen molar-refractivity contribution in [3.63, 3.8) is 0 Å². The molecule has 1 atom stereocenters. The number of ketones is 1. The van der Waals surface area contributed by atoms with Crippen molar-refractivity contribution in [1.29, 1.82) is 0 Å². The molecule has 1 aromatic heterocycles. The summed E-state index contributed by atoms with van der Waals surface area (Å²) >= 11 is 1.41. The summed E-state index contributed by atoms with van der Waals surface area (Å²) in [6, 6.07) is 0. The minimum Gasteiger partial charge on any atom is -0.345 e. The molecular weight excluding hydrogens is 410 g/mol. The molecule has 1 aromatic rings. The largest absolute Gasteiger partial charge is 0.345 e. The van der Waals surface area contributed by atoms with Crippen molar-refractivity contribution in [2.45, 2.75) is 86.5 Å². The third-order valence-corrected chi connectivity index (χ3v) is 6.32. The SMILES string of the molecule is CCC/C=C(/Nc1c(C)n(C)c(=O)n(C)c1=O)SCC(=O)C(C)CC.CCCCCC. The van der Waals surface area contributed by atoms with E-state index in [1.54, 1.807) is 14.0 Å². The van der Waals surface area contributed by atoms with Gasteiger partial charge in [0.2, 0.25) is 0 Å². The number of unbranched alkanes of at least 4 members (excludes halogenated alkanes) is 4. The van der Waals surface area contributed by atoms with E-state index in [0.717, 1.165) is 28.9 Å². The van der Waals surface area contributed by atoms with E-state index in [0.29, 0.717) is 17.1 Å². The summed E-state index contributed by atoms with van der Waals surface area (Å²) in [5.74, 6) is 0.594. The number of Topliss-reactive ketones (excluding diaryl/α,β-unsaturated/α-hetero) is 1. The second-order valence-corrected chi connectivity index (χ2v) is 8.94.